The van der Waals surface area contributed by atoms with E-state index >= 15 is 0 Å². The molecule has 0 saturated carbocycles. The highest BCUT2D eigenvalue weighted by atomic mass is 16.5. The zero-order chi connectivity index (χ0) is 18.1. The third-order valence-corrected chi connectivity index (χ3v) is 5.02. The SMILES string of the molecule is Cc1cc(C)n([C@@H]2CCN(C(=O)c3cnc(N4CCOCC4)nc3)C2)n1. The van der Waals surface area contributed by atoms with Gasteiger partial charge in [0.1, 0.15) is 0 Å². The lowest BCUT2D eigenvalue weighted by Gasteiger charge is -2.26. The lowest BCUT2D eigenvalue weighted by molar-refractivity contribution is 0.0786. The van der Waals surface area contributed by atoms with Crippen LogP contribution in [0.25, 0.3) is 0 Å². The number of aromatic nitrogens is 4. The van der Waals surface area contributed by atoms with Gasteiger partial charge < -0.3 is 14.5 Å². The van der Waals surface area contributed by atoms with Crippen molar-refractivity contribution < 1.29 is 9.53 Å². The maximum Gasteiger partial charge on any atom is 0.257 e. The summed E-state index contributed by atoms with van der Waals surface area (Å²) < 4.78 is 7.38. The number of amides is 1. The van der Waals surface area contributed by atoms with Gasteiger partial charge in [0.05, 0.1) is 30.5 Å². The first-order chi connectivity index (χ1) is 12.6. The standard InChI is InChI=1S/C18H24N6O2/c1-13-9-14(2)24(21-13)16-3-4-23(12-16)17(25)15-10-19-18(20-11-15)22-5-7-26-8-6-22/h9-11,16H,3-8,12H2,1-2H3/t16-/m1/s1. The van der Waals surface area contributed by atoms with Crippen molar-refractivity contribution in [2.75, 3.05) is 44.3 Å². The highest BCUT2D eigenvalue weighted by Crippen LogP contribution is 2.24. The summed E-state index contributed by atoms with van der Waals surface area (Å²) in [7, 11) is 0. The molecule has 8 heteroatoms. The molecule has 0 unspecified atom stereocenters. The van der Waals surface area contributed by atoms with Crippen molar-refractivity contribution >= 4 is 11.9 Å². The van der Waals surface area contributed by atoms with Crippen LogP contribution in [0.2, 0.25) is 0 Å². The van der Waals surface area contributed by atoms with Crippen LogP contribution in [0.4, 0.5) is 5.95 Å². The van der Waals surface area contributed by atoms with Crippen LogP contribution < -0.4 is 4.90 Å². The van der Waals surface area contributed by atoms with Crippen molar-refractivity contribution in [2.45, 2.75) is 26.3 Å². The normalized spacial score (nSPS) is 20.6. The topological polar surface area (TPSA) is 76.4 Å². The lowest BCUT2D eigenvalue weighted by atomic mass is 10.2. The first-order valence-electron chi connectivity index (χ1n) is 9.08. The lowest BCUT2D eigenvalue weighted by Crippen LogP contribution is -2.37. The summed E-state index contributed by atoms with van der Waals surface area (Å²) >= 11 is 0. The first-order valence-corrected chi connectivity index (χ1v) is 9.08. The minimum absolute atomic E-state index is 0.0115. The highest BCUT2D eigenvalue weighted by Gasteiger charge is 2.29. The van der Waals surface area contributed by atoms with Crippen molar-refractivity contribution in [3.63, 3.8) is 0 Å². The minimum Gasteiger partial charge on any atom is -0.378 e. The minimum atomic E-state index is -0.0115. The summed E-state index contributed by atoms with van der Waals surface area (Å²) in [6.07, 6.45) is 4.19. The third-order valence-electron chi connectivity index (χ3n) is 5.02. The van der Waals surface area contributed by atoms with Crippen molar-refractivity contribution in [1.82, 2.24) is 24.6 Å². The van der Waals surface area contributed by atoms with E-state index in [4.69, 9.17) is 4.74 Å². The third kappa shape index (κ3) is 3.29. The molecule has 2 fully saturated rings. The number of anilines is 1. The van der Waals surface area contributed by atoms with E-state index in [1.165, 1.54) is 0 Å². The Labute approximate surface area is 152 Å². The van der Waals surface area contributed by atoms with Crippen LogP contribution >= 0.6 is 0 Å². The van der Waals surface area contributed by atoms with Gasteiger partial charge in [-0.15, -0.1) is 0 Å². The first kappa shape index (κ1) is 17.0. The quantitative estimate of drug-likeness (QED) is 0.823. The van der Waals surface area contributed by atoms with Crippen LogP contribution in [0.3, 0.4) is 0 Å². The Bertz CT molecular complexity index is 781. The molecule has 4 heterocycles. The van der Waals surface area contributed by atoms with Gasteiger partial charge in [-0.05, 0) is 26.3 Å². The van der Waals surface area contributed by atoms with Crippen LogP contribution in [-0.2, 0) is 4.74 Å². The van der Waals surface area contributed by atoms with Gasteiger partial charge in [-0.1, -0.05) is 0 Å². The number of hydrogen-bond donors (Lipinski definition) is 0. The molecule has 1 atom stereocenters. The van der Waals surface area contributed by atoms with E-state index in [2.05, 4.69) is 33.0 Å². The molecule has 4 rings (SSSR count). The van der Waals surface area contributed by atoms with Gasteiger partial charge >= 0.3 is 0 Å². The van der Waals surface area contributed by atoms with Crippen molar-refractivity contribution in [3.8, 4) is 0 Å². The monoisotopic (exact) mass is 356 g/mol. The van der Waals surface area contributed by atoms with E-state index in [-0.39, 0.29) is 11.9 Å². The second kappa shape index (κ2) is 7.03. The van der Waals surface area contributed by atoms with Crippen LogP contribution in [0.1, 0.15) is 34.2 Å². The number of rotatable bonds is 3. The predicted octanol–water partition coefficient (Wildman–Crippen LogP) is 1.21. The second-order valence-electron chi connectivity index (χ2n) is 6.94. The smallest absolute Gasteiger partial charge is 0.257 e. The van der Waals surface area contributed by atoms with E-state index in [0.717, 1.165) is 37.4 Å². The number of ether oxygens (including phenoxy) is 1. The number of likely N-dealkylation sites (tertiary alicyclic amines) is 1. The fourth-order valence-electron chi connectivity index (χ4n) is 3.68. The molecule has 0 aromatic carbocycles. The Morgan fingerprint density at radius 1 is 1.15 bits per heavy atom. The van der Waals surface area contributed by atoms with Gasteiger partial charge in [0.15, 0.2) is 0 Å². The molecule has 1 amide bonds. The number of carbonyl (C=O) groups is 1. The fourth-order valence-corrected chi connectivity index (χ4v) is 3.68. The van der Waals surface area contributed by atoms with E-state index in [0.29, 0.717) is 31.3 Å². The molecule has 0 spiro atoms. The number of aryl methyl sites for hydroxylation is 2. The number of morpholine rings is 1. The molecule has 2 aliphatic heterocycles. The zero-order valence-corrected chi connectivity index (χ0v) is 15.3. The molecule has 0 N–H and O–H groups in total. The second-order valence-corrected chi connectivity index (χ2v) is 6.94. The van der Waals surface area contributed by atoms with E-state index in [1.807, 2.05) is 16.5 Å². The Balaban J connectivity index is 1.42. The molecule has 138 valence electrons. The van der Waals surface area contributed by atoms with Gasteiger partial charge in [0.2, 0.25) is 5.95 Å². The van der Waals surface area contributed by atoms with Crippen molar-refractivity contribution in [3.05, 3.63) is 35.4 Å². The van der Waals surface area contributed by atoms with E-state index in [1.54, 1.807) is 12.4 Å². The van der Waals surface area contributed by atoms with Gasteiger partial charge in [-0.3, -0.25) is 9.48 Å². The number of carbonyl (C=O) groups excluding carboxylic acids is 1. The summed E-state index contributed by atoms with van der Waals surface area (Å²) in [6, 6.07) is 2.31. The molecule has 2 aliphatic rings. The highest BCUT2D eigenvalue weighted by molar-refractivity contribution is 5.93. The van der Waals surface area contributed by atoms with Gasteiger partial charge in [-0.2, -0.15) is 5.10 Å². The maximum absolute atomic E-state index is 12.8. The number of hydrogen-bond acceptors (Lipinski definition) is 6. The molecular formula is C18H24N6O2. The molecule has 2 aromatic rings. The Kier molecular flexibility index (Phi) is 4.58. The largest absolute Gasteiger partial charge is 0.378 e. The summed E-state index contributed by atoms with van der Waals surface area (Å²) in [5.74, 6) is 0.648. The Morgan fingerprint density at radius 3 is 2.54 bits per heavy atom. The molecular weight excluding hydrogens is 332 g/mol. The van der Waals surface area contributed by atoms with Crippen LogP contribution in [0, 0.1) is 13.8 Å². The maximum atomic E-state index is 12.8. The van der Waals surface area contributed by atoms with Crippen LogP contribution in [-0.4, -0.2) is 69.9 Å². The van der Waals surface area contributed by atoms with Gasteiger partial charge in [-0.25, -0.2) is 9.97 Å². The van der Waals surface area contributed by atoms with Gasteiger partial charge in [0, 0.05) is 44.3 Å². The average Bonchev–Trinajstić information content (AvgIpc) is 3.28. The molecule has 2 aromatic heterocycles. The molecule has 0 aliphatic carbocycles. The van der Waals surface area contributed by atoms with Crippen LogP contribution in [0.5, 0.6) is 0 Å². The zero-order valence-electron chi connectivity index (χ0n) is 15.3. The predicted molar refractivity (Wildman–Crippen MR) is 96.3 cm³/mol. The summed E-state index contributed by atoms with van der Waals surface area (Å²) in [4.78, 5) is 25.5. The summed E-state index contributed by atoms with van der Waals surface area (Å²) in [6.45, 7) is 8.39. The average molecular weight is 356 g/mol. The fraction of sp³-hybridized carbons (Fsp3) is 0.556. The Hall–Kier alpha value is -2.48. The molecule has 2 saturated heterocycles. The molecule has 26 heavy (non-hydrogen) atoms. The molecule has 0 radical (unpaired) electrons. The van der Waals surface area contributed by atoms with Crippen LogP contribution in [0.15, 0.2) is 18.5 Å². The molecule has 8 nitrogen and oxygen atoms in total. The number of nitrogens with zero attached hydrogens (tertiary/aromatic N) is 6. The van der Waals surface area contributed by atoms with E-state index in [9.17, 15) is 4.79 Å². The van der Waals surface area contributed by atoms with E-state index < -0.39 is 0 Å². The van der Waals surface area contributed by atoms with Crippen molar-refractivity contribution in [1.29, 1.82) is 0 Å². The molecule has 0 bridgehead atoms. The Morgan fingerprint density at radius 2 is 1.88 bits per heavy atom. The summed E-state index contributed by atoms with van der Waals surface area (Å²) in [5, 5.41) is 4.56. The van der Waals surface area contributed by atoms with Gasteiger partial charge in [0.25, 0.3) is 5.91 Å². The summed E-state index contributed by atoms with van der Waals surface area (Å²) in [5.41, 5.74) is 2.69. The van der Waals surface area contributed by atoms with Crippen molar-refractivity contribution in [2.24, 2.45) is 0 Å².